The molecule has 0 bridgehead atoms. The number of anilines is 2. The molecule has 1 aromatic heterocycles. The number of imide groups is 1. The fourth-order valence-corrected chi connectivity index (χ4v) is 4.86. The number of nitrogens with one attached hydrogen (secondary N) is 1. The lowest BCUT2D eigenvalue weighted by Gasteiger charge is -2.21. The van der Waals surface area contributed by atoms with Crippen LogP contribution in [0.25, 0.3) is 0 Å². The van der Waals surface area contributed by atoms with E-state index in [0.717, 1.165) is 16.0 Å². The number of aryl methyl sites for hydroxylation is 2. The smallest absolute Gasteiger partial charge is 0.332 e. The van der Waals surface area contributed by atoms with Crippen molar-refractivity contribution in [3.63, 3.8) is 0 Å². The Morgan fingerprint density at radius 1 is 1.03 bits per heavy atom. The molecule has 2 heterocycles. The molecule has 1 fully saturated rings. The summed E-state index contributed by atoms with van der Waals surface area (Å²) in [6.07, 6.45) is 0.503. The number of nitrogens with zero attached hydrogens (tertiary/aromatic N) is 2. The Hall–Kier alpha value is -3.65. The summed E-state index contributed by atoms with van der Waals surface area (Å²) in [6, 6.07) is 15.0. The molecule has 0 aliphatic carbocycles. The number of hydrogen-bond donors (Lipinski definition) is 1. The molecule has 0 radical (unpaired) electrons. The highest BCUT2D eigenvalue weighted by Gasteiger charge is 2.46. The second-order valence-corrected chi connectivity index (χ2v) is 9.26. The molecular weight excluding hydrogens is 450 g/mol. The van der Waals surface area contributed by atoms with E-state index in [1.54, 1.807) is 54.8 Å². The maximum absolute atomic E-state index is 13.4. The van der Waals surface area contributed by atoms with Gasteiger partial charge in [-0.15, -0.1) is 11.3 Å². The Morgan fingerprint density at radius 3 is 2.35 bits per heavy atom. The lowest BCUT2D eigenvalue weighted by Crippen LogP contribution is -2.39. The summed E-state index contributed by atoms with van der Waals surface area (Å²) in [4.78, 5) is 43.5. The van der Waals surface area contributed by atoms with E-state index in [0.29, 0.717) is 30.1 Å². The minimum atomic E-state index is -0.868. The van der Waals surface area contributed by atoms with Gasteiger partial charge in [0.15, 0.2) is 0 Å². The summed E-state index contributed by atoms with van der Waals surface area (Å²) in [5.74, 6) is -0.0423. The van der Waals surface area contributed by atoms with Crippen molar-refractivity contribution in [2.75, 3.05) is 23.9 Å². The fraction of sp³-hybridized carbons (Fsp3) is 0.269. The molecule has 7 nitrogen and oxygen atoms in total. The fourth-order valence-electron chi connectivity index (χ4n) is 3.96. The van der Waals surface area contributed by atoms with Gasteiger partial charge in [-0.05, 0) is 73.7 Å². The largest absolute Gasteiger partial charge is 0.497 e. The number of carbonyl (C=O) groups excluding carboxylic acids is 3. The Balaban J connectivity index is 1.54. The Labute approximate surface area is 202 Å². The Morgan fingerprint density at radius 2 is 1.74 bits per heavy atom. The molecule has 0 spiro atoms. The molecular formula is C26H27N3O4S. The topological polar surface area (TPSA) is 79.0 Å². The summed E-state index contributed by atoms with van der Waals surface area (Å²) in [6.45, 7) is 4.33. The first-order valence-corrected chi connectivity index (χ1v) is 11.9. The van der Waals surface area contributed by atoms with E-state index in [-0.39, 0.29) is 18.2 Å². The molecule has 1 atom stereocenters. The van der Waals surface area contributed by atoms with Crippen molar-refractivity contribution < 1.29 is 19.1 Å². The van der Waals surface area contributed by atoms with Crippen LogP contribution in [0.5, 0.6) is 5.75 Å². The van der Waals surface area contributed by atoms with Crippen LogP contribution in [0.2, 0.25) is 0 Å². The maximum atomic E-state index is 13.4. The number of rotatable bonds is 8. The summed E-state index contributed by atoms with van der Waals surface area (Å²) >= 11 is 1.63. The number of amides is 4. The first-order chi connectivity index (χ1) is 16.4. The highest BCUT2D eigenvalue weighted by molar-refractivity contribution is 7.10. The molecule has 1 saturated heterocycles. The molecule has 0 saturated carbocycles. The SMILES string of the molecule is COc1ccc(NC(=O)C[C@@H]2C(=O)N(c3ccc(C)cc3)C(=O)N2CCc2sccc2C)cc1. The summed E-state index contributed by atoms with van der Waals surface area (Å²) in [5, 5.41) is 4.83. The predicted octanol–water partition coefficient (Wildman–Crippen LogP) is 4.78. The highest BCUT2D eigenvalue weighted by atomic mass is 32.1. The highest BCUT2D eigenvalue weighted by Crippen LogP contribution is 2.28. The van der Waals surface area contributed by atoms with E-state index in [2.05, 4.69) is 5.32 Å². The van der Waals surface area contributed by atoms with Crippen molar-refractivity contribution in [2.45, 2.75) is 32.7 Å². The maximum Gasteiger partial charge on any atom is 0.332 e. The van der Waals surface area contributed by atoms with Crippen molar-refractivity contribution in [2.24, 2.45) is 0 Å². The van der Waals surface area contributed by atoms with Gasteiger partial charge in [0, 0.05) is 17.1 Å². The number of benzene rings is 2. The first-order valence-electron chi connectivity index (χ1n) is 11.1. The Kier molecular flexibility index (Phi) is 6.98. The first kappa shape index (κ1) is 23.5. The van der Waals surface area contributed by atoms with Crippen LogP contribution in [0.3, 0.4) is 0 Å². The van der Waals surface area contributed by atoms with Crippen molar-refractivity contribution in [3.8, 4) is 5.75 Å². The normalized spacial score (nSPS) is 15.7. The summed E-state index contributed by atoms with van der Waals surface area (Å²) in [7, 11) is 1.57. The van der Waals surface area contributed by atoms with Crippen molar-refractivity contribution in [3.05, 3.63) is 76.0 Å². The number of carbonyl (C=O) groups is 3. The molecule has 34 heavy (non-hydrogen) atoms. The lowest BCUT2D eigenvalue weighted by atomic mass is 10.1. The zero-order chi connectivity index (χ0) is 24.2. The molecule has 1 aliphatic heterocycles. The van der Waals surface area contributed by atoms with Gasteiger partial charge in [-0.3, -0.25) is 9.59 Å². The van der Waals surface area contributed by atoms with Gasteiger partial charge in [-0.1, -0.05) is 17.7 Å². The number of thiophene rings is 1. The number of hydrogen-bond acceptors (Lipinski definition) is 5. The van der Waals surface area contributed by atoms with Crippen LogP contribution >= 0.6 is 11.3 Å². The summed E-state index contributed by atoms with van der Waals surface area (Å²) < 4.78 is 5.14. The van der Waals surface area contributed by atoms with Gasteiger partial charge >= 0.3 is 6.03 Å². The Bertz CT molecular complexity index is 1190. The van der Waals surface area contributed by atoms with Gasteiger partial charge in [0.25, 0.3) is 5.91 Å². The van der Waals surface area contributed by atoms with E-state index in [1.807, 2.05) is 37.4 Å². The van der Waals surface area contributed by atoms with E-state index in [4.69, 9.17) is 4.74 Å². The van der Waals surface area contributed by atoms with E-state index in [1.165, 1.54) is 9.80 Å². The molecule has 1 aliphatic rings. The van der Waals surface area contributed by atoms with Gasteiger partial charge in [0.1, 0.15) is 11.8 Å². The van der Waals surface area contributed by atoms with Crippen LogP contribution in [-0.2, 0) is 16.0 Å². The van der Waals surface area contributed by atoms with Crippen LogP contribution in [0.1, 0.15) is 22.4 Å². The van der Waals surface area contributed by atoms with E-state index < -0.39 is 12.1 Å². The summed E-state index contributed by atoms with van der Waals surface area (Å²) in [5.41, 5.74) is 3.30. The van der Waals surface area contributed by atoms with Crippen molar-refractivity contribution in [1.29, 1.82) is 0 Å². The zero-order valence-corrected chi connectivity index (χ0v) is 20.2. The molecule has 4 rings (SSSR count). The lowest BCUT2D eigenvalue weighted by molar-refractivity contribution is -0.124. The van der Waals surface area contributed by atoms with Crippen molar-refractivity contribution >= 4 is 40.6 Å². The third-order valence-electron chi connectivity index (χ3n) is 5.91. The quantitative estimate of drug-likeness (QED) is 0.474. The van der Waals surface area contributed by atoms with E-state index >= 15 is 0 Å². The van der Waals surface area contributed by atoms with Crippen LogP contribution in [0.15, 0.2) is 60.0 Å². The third-order valence-corrected chi connectivity index (χ3v) is 6.99. The average Bonchev–Trinajstić information content (AvgIpc) is 3.33. The van der Waals surface area contributed by atoms with Gasteiger partial charge in [0.2, 0.25) is 5.91 Å². The van der Waals surface area contributed by atoms with Crippen LogP contribution < -0.4 is 15.0 Å². The van der Waals surface area contributed by atoms with Gasteiger partial charge in [0.05, 0.1) is 19.2 Å². The van der Waals surface area contributed by atoms with Gasteiger partial charge in [-0.25, -0.2) is 9.69 Å². The van der Waals surface area contributed by atoms with Gasteiger partial charge < -0.3 is 15.0 Å². The molecule has 8 heteroatoms. The monoisotopic (exact) mass is 477 g/mol. The van der Waals surface area contributed by atoms with Gasteiger partial charge in [-0.2, -0.15) is 0 Å². The van der Waals surface area contributed by atoms with Crippen LogP contribution in [0, 0.1) is 13.8 Å². The number of urea groups is 1. The third kappa shape index (κ3) is 4.97. The van der Waals surface area contributed by atoms with Crippen LogP contribution in [0.4, 0.5) is 16.2 Å². The van der Waals surface area contributed by atoms with E-state index in [9.17, 15) is 14.4 Å². The second-order valence-electron chi connectivity index (χ2n) is 8.26. The zero-order valence-electron chi connectivity index (χ0n) is 19.4. The molecule has 3 aromatic rings. The second kappa shape index (κ2) is 10.1. The van der Waals surface area contributed by atoms with Crippen molar-refractivity contribution in [1.82, 2.24) is 4.90 Å². The molecule has 2 aromatic carbocycles. The molecule has 4 amide bonds. The van der Waals surface area contributed by atoms with Crippen LogP contribution in [-0.4, -0.2) is 42.4 Å². The molecule has 176 valence electrons. The minimum Gasteiger partial charge on any atom is -0.497 e. The average molecular weight is 478 g/mol. The number of ether oxygens (including phenoxy) is 1. The number of methoxy groups -OCH3 is 1. The standard InChI is InChI=1S/C26H27N3O4S/c1-17-4-8-20(9-5-17)29-25(31)22(16-24(30)27-19-6-10-21(33-3)11-7-19)28(26(29)32)14-12-23-18(2)13-15-34-23/h4-11,13,15,22H,12,14,16H2,1-3H3,(H,27,30)/t22-/m1/s1. The molecule has 0 unspecified atom stereocenters. The molecule has 1 N–H and O–H groups in total. The predicted molar refractivity (Wildman–Crippen MR) is 134 cm³/mol. The minimum absolute atomic E-state index is 0.123.